The summed E-state index contributed by atoms with van der Waals surface area (Å²) in [4.78, 5) is 17.0. The number of carbonyl (C=O) groups excluding carboxylic acids is 1. The largest absolute Gasteiger partial charge is 0.457 e. The number of aromatic nitrogens is 3. The van der Waals surface area contributed by atoms with Crippen molar-refractivity contribution in [2.75, 3.05) is 11.1 Å². The van der Waals surface area contributed by atoms with E-state index in [1.807, 2.05) is 97.1 Å². The molecular formula is C40H37N5O5S. The second-order valence-electron chi connectivity index (χ2n) is 12.0. The summed E-state index contributed by atoms with van der Waals surface area (Å²) in [6.45, 7) is 0.344. The minimum Gasteiger partial charge on any atom is -0.457 e. The molecule has 6 aromatic rings. The van der Waals surface area contributed by atoms with Gasteiger partial charge < -0.3 is 30.0 Å². The number of ether oxygens (including phenoxy) is 3. The van der Waals surface area contributed by atoms with Gasteiger partial charge in [-0.1, -0.05) is 90.6 Å². The van der Waals surface area contributed by atoms with Crippen LogP contribution in [0.25, 0.3) is 11.1 Å². The minimum atomic E-state index is -0.589. The lowest BCUT2D eigenvalue weighted by molar-refractivity contribution is -0.245. The predicted octanol–water partition coefficient (Wildman–Crippen LogP) is 8.42. The molecule has 0 spiro atoms. The molecular weight excluding hydrogens is 663 g/mol. The lowest BCUT2D eigenvalue weighted by atomic mass is 9.99. The Bertz CT molecular complexity index is 2010. The van der Waals surface area contributed by atoms with Crippen molar-refractivity contribution in [1.82, 2.24) is 20.5 Å². The number of urea groups is 1. The Labute approximate surface area is 300 Å². The van der Waals surface area contributed by atoms with Crippen molar-refractivity contribution in [3.63, 3.8) is 0 Å². The highest BCUT2D eigenvalue weighted by Gasteiger charge is 2.32. The van der Waals surface area contributed by atoms with Crippen LogP contribution in [0.15, 0.2) is 139 Å². The van der Waals surface area contributed by atoms with E-state index in [0.29, 0.717) is 30.2 Å². The third-order valence-corrected chi connectivity index (χ3v) is 9.39. The number of aromatic amines is 1. The van der Waals surface area contributed by atoms with Gasteiger partial charge in [-0.05, 0) is 76.3 Å². The van der Waals surface area contributed by atoms with E-state index in [4.69, 9.17) is 14.2 Å². The van der Waals surface area contributed by atoms with Crippen LogP contribution in [0, 0.1) is 0 Å². The molecule has 3 atom stereocenters. The molecule has 4 N–H and O–H groups in total. The maximum Gasteiger partial charge on any atom is 0.319 e. The fraction of sp³-hybridized carbons (Fsp3) is 0.175. The maximum atomic E-state index is 12.7. The van der Waals surface area contributed by atoms with Crippen LogP contribution < -0.4 is 15.4 Å². The molecule has 0 saturated carbocycles. The van der Waals surface area contributed by atoms with Crippen LogP contribution in [0.5, 0.6) is 11.5 Å². The monoisotopic (exact) mass is 699 g/mol. The summed E-state index contributed by atoms with van der Waals surface area (Å²) in [6.07, 6.45) is 1.28. The summed E-state index contributed by atoms with van der Waals surface area (Å²) in [5, 5.41) is 22.9. The number of rotatable bonds is 12. The van der Waals surface area contributed by atoms with Gasteiger partial charge in [0, 0.05) is 30.0 Å². The average Bonchev–Trinajstić information content (AvgIpc) is 3.72. The van der Waals surface area contributed by atoms with Crippen LogP contribution in [0.2, 0.25) is 0 Å². The zero-order valence-corrected chi connectivity index (χ0v) is 28.5. The highest BCUT2D eigenvalue weighted by atomic mass is 32.2. The number of anilines is 1. The van der Waals surface area contributed by atoms with Crippen molar-refractivity contribution in [3.05, 3.63) is 156 Å². The first-order valence-corrected chi connectivity index (χ1v) is 17.6. The van der Waals surface area contributed by atoms with Crippen LogP contribution in [0.4, 0.5) is 10.5 Å². The number of H-pyrrole nitrogens is 1. The first-order chi connectivity index (χ1) is 25.1. The second-order valence-corrected chi connectivity index (χ2v) is 13.0. The standard InChI is InChI=1S/C40H37N5O5S/c46-24-27-12-14-29(15-13-27)37-22-36(25-51-40-42-26-43-45-40)49-38(50-37)32-9-5-8-31(21-32)30-7-4-6-28(20-30)23-41-39(47)44-33-16-18-35(19-17-33)48-34-10-2-1-3-11-34/h1-21,26,36-38,46H,22-25H2,(H2,41,44,47)(H,42,43,45). The Balaban J connectivity index is 0.996. The third-order valence-electron chi connectivity index (χ3n) is 8.38. The van der Waals surface area contributed by atoms with E-state index in [0.717, 1.165) is 44.3 Å². The van der Waals surface area contributed by atoms with Gasteiger partial charge in [-0.25, -0.2) is 9.78 Å². The van der Waals surface area contributed by atoms with Crippen molar-refractivity contribution in [2.24, 2.45) is 0 Å². The molecule has 1 aliphatic heterocycles. The summed E-state index contributed by atoms with van der Waals surface area (Å²) in [5.74, 6) is 2.11. The molecule has 7 rings (SSSR count). The molecule has 1 aromatic heterocycles. The van der Waals surface area contributed by atoms with Crippen LogP contribution >= 0.6 is 11.8 Å². The number of para-hydroxylation sites is 1. The molecule has 0 aliphatic carbocycles. The molecule has 11 heteroatoms. The summed E-state index contributed by atoms with van der Waals surface area (Å²) >= 11 is 1.56. The van der Waals surface area contributed by atoms with Crippen LogP contribution in [0.1, 0.15) is 41.1 Å². The molecule has 1 fully saturated rings. The number of thioether (sulfide) groups is 1. The van der Waals surface area contributed by atoms with Gasteiger partial charge >= 0.3 is 6.03 Å². The van der Waals surface area contributed by atoms with Gasteiger partial charge in [0.1, 0.15) is 17.8 Å². The third kappa shape index (κ3) is 9.21. The lowest BCUT2D eigenvalue weighted by Crippen LogP contribution is -2.31. The van der Waals surface area contributed by atoms with Crippen molar-refractivity contribution in [1.29, 1.82) is 0 Å². The number of hydrogen-bond acceptors (Lipinski definition) is 8. The molecule has 1 saturated heterocycles. The first-order valence-electron chi connectivity index (χ1n) is 16.6. The Morgan fingerprint density at radius 1 is 0.824 bits per heavy atom. The number of carbonyl (C=O) groups is 1. The molecule has 51 heavy (non-hydrogen) atoms. The number of benzene rings is 5. The van der Waals surface area contributed by atoms with Gasteiger partial charge in [-0.15, -0.1) is 0 Å². The number of nitrogens with one attached hydrogen (secondary N) is 3. The lowest BCUT2D eigenvalue weighted by Gasteiger charge is -2.36. The SMILES string of the molecule is O=C(NCc1cccc(-c2cccc(C3OC(CSc4ncn[nH]4)CC(c4ccc(CO)cc4)O3)c2)c1)Nc1ccc(Oc2ccccc2)cc1. The van der Waals surface area contributed by atoms with E-state index < -0.39 is 6.29 Å². The van der Waals surface area contributed by atoms with E-state index in [9.17, 15) is 9.90 Å². The van der Waals surface area contributed by atoms with E-state index >= 15 is 0 Å². The van der Waals surface area contributed by atoms with Gasteiger partial charge in [-0.3, -0.25) is 5.10 Å². The van der Waals surface area contributed by atoms with Crippen molar-refractivity contribution in [2.45, 2.75) is 43.2 Å². The summed E-state index contributed by atoms with van der Waals surface area (Å²) in [5.41, 5.74) is 6.42. The molecule has 2 amide bonds. The smallest absolute Gasteiger partial charge is 0.319 e. The zero-order valence-electron chi connectivity index (χ0n) is 27.6. The molecule has 2 heterocycles. The predicted molar refractivity (Wildman–Crippen MR) is 196 cm³/mol. The Morgan fingerprint density at radius 2 is 1.59 bits per heavy atom. The highest BCUT2D eigenvalue weighted by molar-refractivity contribution is 7.99. The van der Waals surface area contributed by atoms with E-state index in [-0.39, 0.29) is 24.8 Å². The Hall–Kier alpha value is -5.46. The van der Waals surface area contributed by atoms with Crippen molar-refractivity contribution >= 4 is 23.5 Å². The number of amides is 2. The van der Waals surface area contributed by atoms with E-state index in [1.54, 1.807) is 23.9 Å². The molecule has 258 valence electrons. The summed E-state index contributed by atoms with van der Waals surface area (Å²) < 4.78 is 18.9. The second kappa shape index (κ2) is 16.5. The fourth-order valence-corrected chi connectivity index (χ4v) is 6.57. The zero-order chi connectivity index (χ0) is 34.8. The van der Waals surface area contributed by atoms with Crippen LogP contribution in [-0.4, -0.2) is 38.2 Å². The number of hydrogen-bond donors (Lipinski definition) is 4. The number of aliphatic hydroxyl groups is 1. The van der Waals surface area contributed by atoms with Gasteiger partial charge in [0.2, 0.25) is 0 Å². The van der Waals surface area contributed by atoms with E-state index in [2.05, 4.69) is 44.0 Å². The van der Waals surface area contributed by atoms with Crippen LogP contribution in [-0.2, 0) is 22.6 Å². The average molecular weight is 700 g/mol. The Morgan fingerprint density at radius 3 is 2.35 bits per heavy atom. The van der Waals surface area contributed by atoms with Crippen molar-refractivity contribution < 1.29 is 24.1 Å². The topological polar surface area (TPSA) is 131 Å². The molecule has 1 aliphatic rings. The molecule has 0 bridgehead atoms. The molecule has 3 unspecified atom stereocenters. The maximum absolute atomic E-state index is 12.7. The van der Waals surface area contributed by atoms with Gasteiger partial charge in [0.05, 0.1) is 18.8 Å². The Kier molecular flexibility index (Phi) is 11.0. The quantitative estimate of drug-likeness (QED) is 0.0937. The molecule has 5 aromatic carbocycles. The molecule has 0 radical (unpaired) electrons. The summed E-state index contributed by atoms with van der Waals surface area (Å²) in [6, 6.07) is 40.6. The fourth-order valence-electron chi connectivity index (χ4n) is 5.77. The van der Waals surface area contributed by atoms with Crippen molar-refractivity contribution in [3.8, 4) is 22.6 Å². The van der Waals surface area contributed by atoms with E-state index in [1.165, 1.54) is 6.33 Å². The normalized spacial score (nSPS) is 17.1. The highest BCUT2D eigenvalue weighted by Crippen LogP contribution is 2.40. The summed E-state index contributed by atoms with van der Waals surface area (Å²) in [7, 11) is 0. The van der Waals surface area contributed by atoms with Gasteiger partial charge in [0.25, 0.3) is 0 Å². The van der Waals surface area contributed by atoms with Gasteiger partial charge in [0.15, 0.2) is 11.4 Å². The molecule has 10 nitrogen and oxygen atoms in total. The van der Waals surface area contributed by atoms with Gasteiger partial charge in [-0.2, -0.15) is 5.10 Å². The van der Waals surface area contributed by atoms with Crippen LogP contribution in [0.3, 0.4) is 0 Å². The first kappa shape index (κ1) is 34.0. The minimum absolute atomic E-state index is 0.00821. The number of aliphatic hydroxyl groups excluding tert-OH is 1. The number of nitrogens with zero attached hydrogens (tertiary/aromatic N) is 2.